The molecule has 0 fully saturated rings. The molecule has 6 nitrogen and oxygen atoms in total. The average Bonchev–Trinajstić information content (AvgIpc) is 2.35. The van der Waals surface area contributed by atoms with Crippen LogP contribution in [0, 0.1) is 10.1 Å². The molecule has 0 unspecified atom stereocenters. The van der Waals surface area contributed by atoms with E-state index in [1.807, 2.05) is 0 Å². The molecule has 0 aliphatic rings. The van der Waals surface area contributed by atoms with E-state index in [1.165, 1.54) is 31.0 Å². The molecular formula is C11H14N2O4S. The van der Waals surface area contributed by atoms with E-state index in [9.17, 15) is 14.9 Å². The number of thioether (sulfide) groups is 1. The van der Waals surface area contributed by atoms with Gasteiger partial charge in [0, 0.05) is 17.6 Å². The Morgan fingerprint density at radius 2 is 2.28 bits per heavy atom. The number of hydrogen-bond acceptors (Lipinski definition) is 6. The summed E-state index contributed by atoms with van der Waals surface area (Å²) in [7, 11) is 1.34. The van der Waals surface area contributed by atoms with Crippen LogP contribution in [0.5, 0.6) is 0 Å². The molecule has 0 heterocycles. The van der Waals surface area contributed by atoms with E-state index < -0.39 is 4.92 Å². The smallest absolute Gasteiger partial charge is 0.306 e. The van der Waals surface area contributed by atoms with Crippen LogP contribution in [0.15, 0.2) is 18.2 Å². The Kier molecular flexibility index (Phi) is 5.44. The summed E-state index contributed by atoms with van der Waals surface area (Å²) in [6.07, 6.45) is 0.332. The second kappa shape index (κ2) is 6.85. The van der Waals surface area contributed by atoms with Crippen molar-refractivity contribution in [2.75, 3.05) is 18.6 Å². The van der Waals surface area contributed by atoms with Crippen LogP contribution in [0.1, 0.15) is 12.0 Å². The molecule has 0 saturated carbocycles. The number of carbonyl (C=O) groups is 1. The molecule has 0 saturated heterocycles. The Hall–Kier alpha value is -1.76. The summed E-state index contributed by atoms with van der Waals surface area (Å²) < 4.78 is 4.51. The summed E-state index contributed by atoms with van der Waals surface area (Å²) in [6.45, 7) is 0. The number of nitro benzene ring substituents is 1. The average molecular weight is 270 g/mol. The van der Waals surface area contributed by atoms with E-state index in [4.69, 9.17) is 5.73 Å². The highest BCUT2D eigenvalue weighted by atomic mass is 32.2. The summed E-state index contributed by atoms with van der Waals surface area (Å²) in [5.41, 5.74) is 6.38. The van der Waals surface area contributed by atoms with E-state index >= 15 is 0 Å². The number of carbonyl (C=O) groups excluding carboxylic acids is 1. The van der Waals surface area contributed by atoms with Gasteiger partial charge in [0.25, 0.3) is 5.69 Å². The summed E-state index contributed by atoms with van der Waals surface area (Å²) in [6, 6.07) is 4.72. The number of esters is 1. The van der Waals surface area contributed by atoms with Gasteiger partial charge in [0.2, 0.25) is 0 Å². The molecule has 1 rings (SSSR count). The molecule has 0 aromatic heterocycles. The van der Waals surface area contributed by atoms with Gasteiger partial charge in [-0.25, -0.2) is 0 Å². The van der Waals surface area contributed by atoms with Crippen molar-refractivity contribution in [2.24, 2.45) is 0 Å². The van der Waals surface area contributed by atoms with Crippen LogP contribution < -0.4 is 5.73 Å². The second-order valence-corrected chi connectivity index (χ2v) is 4.63. The maximum Gasteiger partial charge on any atom is 0.306 e. The highest BCUT2D eigenvalue weighted by Crippen LogP contribution is 2.24. The number of methoxy groups -OCH3 is 1. The maximum absolute atomic E-state index is 10.9. The molecule has 0 atom stereocenters. The zero-order valence-corrected chi connectivity index (χ0v) is 10.7. The fourth-order valence-electron chi connectivity index (χ4n) is 1.28. The third kappa shape index (κ3) is 4.25. The van der Waals surface area contributed by atoms with Gasteiger partial charge in [0.15, 0.2) is 0 Å². The van der Waals surface area contributed by atoms with Crippen molar-refractivity contribution in [3.05, 3.63) is 33.9 Å². The Balaban J connectivity index is 2.50. The van der Waals surface area contributed by atoms with Crippen LogP contribution in [0.25, 0.3) is 0 Å². The number of ether oxygens (including phenoxy) is 1. The number of nitrogen functional groups attached to an aromatic ring is 1. The Morgan fingerprint density at radius 3 is 2.89 bits per heavy atom. The van der Waals surface area contributed by atoms with Crippen LogP contribution in [-0.2, 0) is 15.3 Å². The molecule has 1 aromatic carbocycles. The summed E-state index contributed by atoms with van der Waals surface area (Å²) >= 11 is 1.51. The molecule has 98 valence electrons. The van der Waals surface area contributed by atoms with Crippen LogP contribution >= 0.6 is 11.8 Å². The van der Waals surface area contributed by atoms with E-state index in [2.05, 4.69) is 4.74 Å². The molecule has 1 aromatic rings. The SMILES string of the molecule is COC(=O)CCSCc1ccc(N)c([N+](=O)[O-])c1. The summed E-state index contributed by atoms with van der Waals surface area (Å²) in [5, 5.41) is 10.7. The molecule has 0 spiro atoms. The largest absolute Gasteiger partial charge is 0.469 e. The maximum atomic E-state index is 10.9. The Labute approximate surface area is 109 Å². The molecule has 7 heteroatoms. The predicted molar refractivity (Wildman–Crippen MR) is 70.3 cm³/mol. The van der Waals surface area contributed by atoms with E-state index in [0.717, 1.165) is 5.56 Å². The van der Waals surface area contributed by atoms with Gasteiger partial charge in [-0.2, -0.15) is 11.8 Å². The summed E-state index contributed by atoms with van der Waals surface area (Å²) in [4.78, 5) is 21.1. The van der Waals surface area contributed by atoms with Gasteiger partial charge >= 0.3 is 5.97 Å². The molecule has 0 bridgehead atoms. The van der Waals surface area contributed by atoms with Crippen molar-refractivity contribution in [3.8, 4) is 0 Å². The first kappa shape index (κ1) is 14.3. The Bertz CT molecular complexity index is 451. The van der Waals surface area contributed by atoms with Crippen molar-refractivity contribution < 1.29 is 14.5 Å². The third-order valence-corrected chi connectivity index (χ3v) is 3.27. The highest BCUT2D eigenvalue weighted by molar-refractivity contribution is 7.98. The Morgan fingerprint density at radius 1 is 1.56 bits per heavy atom. The van der Waals surface area contributed by atoms with Gasteiger partial charge in [0.05, 0.1) is 18.5 Å². The zero-order valence-electron chi connectivity index (χ0n) is 9.92. The quantitative estimate of drug-likeness (QED) is 0.279. The van der Waals surface area contributed by atoms with E-state index in [-0.39, 0.29) is 17.3 Å². The molecule has 0 aliphatic carbocycles. The second-order valence-electron chi connectivity index (χ2n) is 3.53. The first-order chi connectivity index (χ1) is 8.54. The molecule has 18 heavy (non-hydrogen) atoms. The number of benzene rings is 1. The van der Waals surface area contributed by atoms with E-state index in [1.54, 1.807) is 6.07 Å². The number of nitro groups is 1. The van der Waals surface area contributed by atoms with Crippen molar-refractivity contribution in [2.45, 2.75) is 12.2 Å². The molecular weight excluding hydrogens is 256 g/mol. The zero-order chi connectivity index (χ0) is 13.5. The van der Waals surface area contributed by atoms with Gasteiger partial charge in [-0.15, -0.1) is 0 Å². The van der Waals surface area contributed by atoms with Crippen LogP contribution in [-0.4, -0.2) is 23.8 Å². The number of rotatable bonds is 6. The lowest BCUT2D eigenvalue weighted by Gasteiger charge is -2.03. The fourth-order valence-corrected chi connectivity index (χ4v) is 2.16. The van der Waals surface area contributed by atoms with Gasteiger partial charge < -0.3 is 10.5 Å². The van der Waals surface area contributed by atoms with Gasteiger partial charge in [0.1, 0.15) is 5.69 Å². The van der Waals surface area contributed by atoms with Crippen molar-refractivity contribution in [3.63, 3.8) is 0 Å². The standard InChI is InChI=1S/C11H14N2O4S/c1-17-11(14)4-5-18-7-8-2-3-9(12)10(6-8)13(15)16/h2-3,6H,4-5,7,12H2,1H3. The monoisotopic (exact) mass is 270 g/mol. The lowest BCUT2D eigenvalue weighted by molar-refractivity contribution is -0.383. The van der Waals surface area contributed by atoms with Crippen LogP contribution in [0.3, 0.4) is 0 Å². The minimum Gasteiger partial charge on any atom is -0.469 e. The van der Waals surface area contributed by atoms with Crippen molar-refractivity contribution in [1.29, 1.82) is 0 Å². The van der Waals surface area contributed by atoms with Crippen LogP contribution in [0.2, 0.25) is 0 Å². The normalized spacial score (nSPS) is 10.1. The van der Waals surface area contributed by atoms with Gasteiger partial charge in [-0.05, 0) is 11.6 Å². The first-order valence-corrected chi connectivity index (χ1v) is 6.37. The molecule has 0 radical (unpaired) electrons. The number of hydrogen-bond donors (Lipinski definition) is 1. The highest BCUT2D eigenvalue weighted by Gasteiger charge is 2.11. The topological polar surface area (TPSA) is 95.5 Å². The third-order valence-electron chi connectivity index (χ3n) is 2.24. The van der Waals surface area contributed by atoms with Gasteiger partial charge in [-0.3, -0.25) is 14.9 Å². The number of nitrogens with zero attached hydrogens (tertiary/aromatic N) is 1. The fraction of sp³-hybridized carbons (Fsp3) is 0.364. The minimum absolute atomic E-state index is 0.0823. The lowest BCUT2D eigenvalue weighted by Crippen LogP contribution is -2.01. The predicted octanol–water partition coefficient (Wildman–Crippen LogP) is 1.97. The number of nitrogens with two attached hydrogens (primary N) is 1. The lowest BCUT2D eigenvalue weighted by atomic mass is 10.2. The molecule has 0 amide bonds. The van der Waals surface area contributed by atoms with Crippen molar-refractivity contribution >= 4 is 29.1 Å². The summed E-state index contributed by atoms with van der Waals surface area (Å²) in [5.74, 6) is 0.953. The van der Waals surface area contributed by atoms with E-state index in [0.29, 0.717) is 17.9 Å². The first-order valence-electron chi connectivity index (χ1n) is 5.22. The number of anilines is 1. The molecule has 0 aliphatic heterocycles. The van der Waals surface area contributed by atoms with Crippen molar-refractivity contribution in [1.82, 2.24) is 0 Å². The van der Waals surface area contributed by atoms with Crippen LogP contribution in [0.4, 0.5) is 11.4 Å². The molecule has 2 N–H and O–H groups in total. The minimum atomic E-state index is -0.502. The van der Waals surface area contributed by atoms with Gasteiger partial charge in [-0.1, -0.05) is 6.07 Å².